The molecule has 1 heterocycles. The molecule has 0 aliphatic rings. The van der Waals surface area contributed by atoms with Gasteiger partial charge in [0, 0.05) is 29.1 Å². The molecule has 0 bridgehead atoms. The topological polar surface area (TPSA) is 24.9 Å². The van der Waals surface area contributed by atoms with E-state index in [-0.39, 0.29) is 5.82 Å². The summed E-state index contributed by atoms with van der Waals surface area (Å²) in [5, 5.41) is 3.19. The summed E-state index contributed by atoms with van der Waals surface area (Å²) in [5.74, 6) is -0.227. The molecular formula is C12H10BrFN2. The molecular weight excluding hydrogens is 271 g/mol. The summed E-state index contributed by atoms with van der Waals surface area (Å²) in [6.07, 6.45) is 3.42. The van der Waals surface area contributed by atoms with Gasteiger partial charge in [-0.15, -0.1) is 0 Å². The third-order valence-corrected chi connectivity index (χ3v) is 2.94. The van der Waals surface area contributed by atoms with Crippen molar-refractivity contribution in [2.45, 2.75) is 6.54 Å². The number of nitrogens with zero attached hydrogens (tertiary/aromatic N) is 1. The molecule has 2 aromatic rings. The first-order valence-electron chi connectivity index (χ1n) is 4.83. The van der Waals surface area contributed by atoms with Gasteiger partial charge in [0.1, 0.15) is 5.82 Å². The Morgan fingerprint density at radius 1 is 1.19 bits per heavy atom. The highest BCUT2D eigenvalue weighted by molar-refractivity contribution is 9.10. The van der Waals surface area contributed by atoms with Crippen LogP contribution in [0.4, 0.5) is 10.1 Å². The number of nitrogens with one attached hydrogen (secondary N) is 1. The maximum atomic E-state index is 13.0. The standard InChI is InChI=1S/C12H10BrFN2/c13-12-2-1-10(14)7-9(12)8-16-11-3-5-15-6-4-11/h1-7H,8H2,(H,15,16). The molecule has 1 aromatic heterocycles. The van der Waals surface area contributed by atoms with Crippen LogP contribution in [0.15, 0.2) is 47.2 Å². The summed E-state index contributed by atoms with van der Waals surface area (Å²) < 4.78 is 13.9. The molecule has 2 nitrogen and oxygen atoms in total. The van der Waals surface area contributed by atoms with Crippen molar-refractivity contribution in [1.29, 1.82) is 0 Å². The van der Waals surface area contributed by atoms with Gasteiger partial charge in [0.05, 0.1) is 0 Å². The van der Waals surface area contributed by atoms with Crippen molar-refractivity contribution in [2.75, 3.05) is 5.32 Å². The molecule has 2 rings (SSSR count). The fourth-order valence-corrected chi connectivity index (χ4v) is 1.73. The van der Waals surface area contributed by atoms with Gasteiger partial charge in [-0.3, -0.25) is 4.98 Å². The number of halogens is 2. The predicted molar refractivity (Wildman–Crippen MR) is 65.7 cm³/mol. The zero-order valence-corrected chi connectivity index (χ0v) is 10.0. The van der Waals surface area contributed by atoms with E-state index >= 15 is 0 Å². The molecule has 0 aliphatic carbocycles. The number of aromatic nitrogens is 1. The maximum Gasteiger partial charge on any atom is 0.123 e. The lowest BCUT2D eigenvalue weighted by Gasteiger charge is -2.07. The van der Waals surface area contributed by atoms with E-state index in [0.717, 1.165) is 15.7 Å². The summed E-state index contributed by atoms with van der Waals surface area (Å²) in [5.41, 5.74) is 1.85. The highest BCUT2D eigenvalue weighted by atomic mass is 79.9. The van der Waals surface area contributed by atoms with Crippen molar-refractivity contribution in [3.63, 3.8) is 0 Å². The van der Waals surface area contributed by atoms with Gasteiger partial charge >= 0.3 is 0 Å². The van der Waals surface area contributed by atoms with Crippen LogP contribution in [0.1, 0.15) is 5.56 Å². The van der Waals surface area contributed by atoms with E-state index < -0.39 is 0 Å². The van der Waals surface area contributed by atoms with Crippen LogP contribution in [0, 0.1) is 5.82 Å². The van der Waals surface area contributed by atoms with Crippen LogP contribution in [-0.4, -0.2) is 4.98 Å². The Labute approximate surface area is 102 Å². The van der Waals surface area contributed by atoms with Gasteiger partial charge in [0.25, 0.3) is 0 Å². The first kappa shape index (κ1) is 11.1. The Bertz CT molecular complexity index is 474. The zero-order chi connectivity index (χ0) is 11.4. The average molecular weight is 281 g/mol. The van der Waals surface area contributed by atoms with Crippen LogP contribution < -0.4 is 5.32 Å². The third kappa shape index (κ3) is 2.79. The van der Waals surface area contributed by atoms with Crippen molar-refractivity contribution >= 4 is 21.6 Å². The number of rotatable bonds is 3. The van der Waals surface area contributed by atoms with E-state index in [4.69, 9.17) is 0 Å². The molecule has 0 unspecified atom stereocenters. The molecule has 0 radical (unpaired) electrons. The minimum atomic E-state index is -0.227. The van der Waals surface area contributed by atoms with E-state index in [1.165, 1.54) is 12.1 Å². The molecule has 0 saturated carbocycles. The average Bonchev–Trinajstić information content (AvgIpc) is 2.32. The van der Waals surface area contributed by atoms with Gasteiger partial charge in [-0.25, -0.2) is 4.39 Å². The number of benzene rings is 1. The fraction of sp³-hybridized carbons (Fsp3) is 0.0833. The second-order valence-electron chi connectivity index (χ2n) is 3.33. The van der Waals surface area contributed by atoms with Crippen LogP contribution in [-0.2, 0) is 6.54 Å². The van der Waals surface area contributed by atoms with Crippen LogP contribution in [0.5, 0.6) is 0 Å². The Morgan fingerprint density at radius 3 is 2.69 bits per heavy atom. The maximum absolute atomic E-state index is 13.0. The van der Waals surface area contributed by atoms with Gasteiger partial charge in [-0.2, -0.15) is 0 Å². The summed E-state index contributed by atoms with van der Waals surface area (Å²) in [6.45, 7) is 0.572. The van der Waals surface area contributed by atoms with Crippen LogP contribution in [0.25, 0.3) is 0 Å². The number of hydrogen-bond acceptors (Lipinski definition) is 2. The first-order chi connectivity index (χ1) is 7.75. The molecule has 0 spiro atoms. The molecule has 1 N–H and O–H groups in total. The summed E-state index contributed by atoms with van der Waals surface area (Å²) in [7, 11) is 0. The lowest BCUT2D eigenvalue weighted by atomic mass is 10.2. The molecule has 0 amide bonds. The van der Waals surface area contributed by atoms with Crippen molar-refractivity contribution in [1.82, 2.24) is 4.98 Å². The minimum absolute atomic E-state index is 0.227. The molecule has 0 aliphatic heterocycles. The van der Waals surface area contributed by atoms with Crippen molar-refractivity contribution in [2.24, 2.45) is 0 Å². The summed E-state index contributed by atoms with van der Waals surface area (Å²) in [4.78, 5) is 3.92. The summed E-state index contributed by atoms with van der Waals surface area (Å²) in [6, 6.07) is 8.39. The van der Waals surface area contributed by atoms with E-state index in [0.29, 0.717) is 6.54 Å². The van der Waals surface area contributed by atoms with Gasteiger partial charge in [0.15, 0.2) is 0 Å². The van der Waals surface area contributed by atoms with Crippen molar-refractivity contribution in [3.05, 3.63) is 58.6 Å². The number of anilines is 1. The first-order valence-corrected chi connectivity index (χ1v) is 5.63. The van der Waals surface area contributed by atoms with Crippen LogP contribution in [0.2, 0.25) is 0 Å². The Morgan fingerprint density at radius 2 is 1.94 bits per heavy atom. The SMILES string of the molecule is Fc1ccc(Br)c(CNc2ccncc2)c1. The van der Waals surface area contributed by atoms with Gasteiger partial charge < -0.3 is 5.32 Å². The fourth-order valence-electron chi connectivity index (χ4n) is 1.35. The quantitative estimate of drug-likeness (QED) is 0.929. The Hall–Kier alpha value is -1.42. The molecule has 0 atom stereocenters. The Balaban J connectivity index is 2.08. The summed E-state index contributed by atoms with van der Waals surface area (Å²) >= 11 is 3.38. The van der Waals surface area contributed by atoms with Gasteiger partial charge in [-0.1, -0.05) is 15.9 Å². The van der Waals surface area contributed by atoms with Crippen LogP contribution >= 0.6 is 15.9 Å². The lowest BCUT2D eigenvalue weighted by molar-refractivity contribution is 0.625. The highest BCUT2D eigenvalue weighted by Gasteiger charge is 2.01. The molecule has 82 valence electrons. The minimum Gasteiger partial charge on any atom is -0.381 e. The number of pyridine rings is 1. The third-order valence-electron chi connectivity index (χ3n) is 2.17. The van der Waals surface area contributed by atoms with Crippen molar-refractivity contribution in [3.8, 4) is 0 Å². The Kier molecular flexibility index (Phi) is 3.51. The van der Waals surface area contributed by atoms with Gasteiger partial charge in [0.2, 0.25) is 0 Å². The highest BCUT2D eigenvalue weighted by Crippen LogP contribution is 2.19. The van der Waals surface area contributed by atoms with E-state index in [1.807, 2.05) is 12.1 Å². The molecule has 1 aromatic carbocycles. The largest absolute Gasteiger partial charge is 0.381 e. The van der Waals surface area contributed by atoms with Crippen molar-refractivity contribution < 1.29 is 4.39 Å². The van der Waals surface area contributed by atoms with E-state index in [2.05, 4.69) is 26.2 Å². The van der Waals surface area contributed by atoms with Gasteiger partial charge in [-0.05, 0) is 35.9 Å². The molecule has 0 saturated heterocycles. The predicted octanol–water partition coefficient (Wildman–Crippen LogP) is 3.60. The zero-order valence-electron chi connectivity index (χ0n) is 8.45. The lowest BCUT2D eigenvalue weighted by Crippen LogP contribution is -2.00. The molecule has 4 heteroatoms. The number of hydrogen-bond donors (Lipinski definition) is 1. The second-order valence-corrected chi connectivity index (χ2v) is 4.18. The monoisotopic (exact) mass is 280 g/mol. The smallest absolute Gasteiger partial charge is 0.123 e. The molecule has 16 heavy (non-hydrogen) atoms. The van der Waals surface area contributed by atoms with E-state index in [1.54, 1.807) is 18.5 Å². The normalized spacial score (nSPS) is 10.1. The van der Waals surface area contributed by atoms with Crippen LogP contribution in [0.3, 0.4) is 0 Å². The van der Waals surface area contributed by atoms with E-state index in [9.17, 15) is 4.39 Å². The second kappa shape index (κ2) is 5.07. The molecule has 0 fully saturated rings.